The molecule has 0 saturated heterocycles. The van der Waals surface area contributed by atoms with Gasteiger partial charge in [-0.05, 0) is 62.7 Å². The maximum absolute atomic E-state index is 2.35. The number of hydrogen-bond donors (Lipinski definition) is 0. The molecule has 2 heteroatoms. The lowest BCUT2D eigenvalue weighted by Gasteiger charge is -2.22. The van der Waals surface area contributed by atoms with E-state index in [2.05, 4.69) is 27.7 Å². The predicted octanol–water partition coefficient (Wildman–Crippen LogP) is 7.15. The largest absolute Gasteiger partial charge is 0.106 e. The summed E-state index contributed by atoms with van der Waals surface area (Å²) in [6.45, 7) is 9.40. The molecule has 0 N–H and O–H groups in total. The summed E-state index contributed by atoms with van der Waals surface area (Å²) in [6.07, 6.45) is 21.0. The molecule has 0 atom stereocenters. The van der Waals surface area contributed by atoms with Gasteiger partial charge in [-0.2, -0.15) is 0 Å². The molecule has 0 aliphatic rings. The van der Waals surface area contributed by atoms with Crippen LogP contribution in [0.25, 0.3) is 0 Å². The SMILES string of the molecule is CCCCP(CCCC)CCP(CCCC)CCCC. The molecule has 0 nitrogen and oxygen atoms in total. The first-order valence-corrected chi connectivity index (χ1v) is 13.0. The van der Waals surface area contributed by atoms with Crippen LogP contribution in [0.3, 0.4) is 0 Å². The minimum Gasteiger partial charge on any atom is -0.106 e. The first kappa shape index (κ1) is 20.9. The Labute approximate surface area is 132 Å². The second-order valence-corrected chi connectivity index (χ2v) is 11.5. The monoisotopic (exact) mass is 318 g/mol. The predicted molar refractivity (Wildman–Crippen MR) is 103 cm³/mol. The van der Waals surface area contributed by atoms with E-state index in [-0.39, 0.29) is 0 Å². The topological polar surface area (TPSA) is 0 Å². The van der Waals surface area contributed by atoms with Gasteiger partial charge in [-0.1, -0.05) is 53.4 Å². The van der Waals surface area contributed by atoms with E-state index in [1.165, 1.54) is 51.4 Å². The lowest BCUT2D eigenvalue weighted by molar-refractivity contribution is 0.862. The molecule has 0 aliphatic heterocycles. The Balaban J connectivity index is 4.05. The van der Waals surface area contributed by atoms with Crippen molar-refractivity contribution in [3.8, 4) is 0 Å². The van der Waals surface area contributed by atoms with Crippen LogP contribution < -0.4 is 0 Å². The molecule has 122 valence electrons. The molecule has 0 radical (unpaired) electrons. The van der Waals surface area contributed by atoms with Gasteiger partial charge in [0.1, 0.15) is 0 Å². The Bertz CT molecular complexity index is 146. The second-order valence-electron chi connectivity index (χ2n) is 6.10. The van der Waals surface area contributed by atoms with Crippen molar-refractivity contribution in [2.75, 3.05) is 37.0 Å². The summed E-state index contributed by atoms with van der Waals surface area (Å²) in [6, 6.07) is 0. The van der Waals surface area contributed by atoms with E-state index in [9.17, 15) is 0 Å². The molecule has 0 saturated carbocycles. The zero-order chi connectivity index (χ0) is 15.1. The van der Waals surface area contributed by atoms with E-state index in [0.717, 1.165) is 0 Å². The molecule has 20 heavy (non-hydrogen) atoms. The van der Waals surface area contributed by atoms with Crippen LogP contribution >= 0.6 is 15.8 Å². The van der Waals surface area contributed by atoms with Crippen molar-refractivity contribution in [3.05, 3.63) is 0 Å². The van der Waals surface area contributed by atoms with Crippen molar-refractivity contribution in [2.24, 2.45) is 0 Å². The van der Waals surface area contributed by atoms with Crippen LogP contribution in [0.5, 0.6) is 0 Å². The van der Waals surface area contributed by atoms with Crippen molar-refractivity contribution in [1.82, 2.24) is 0 Å². The molecule has 0 aromatic carbocycles. The fraction of sp³-hybridized carbons (Fsp3) is 1.00. The van der Waals surface area contributed by atoms with Gasteiger partial charge in [0.2, 0.25) is 0 Å². The molecule has 0 aliphatic carbocycles. The minimum atomic E-state index is 0.381. The quantitative estimate of drug-likeness (QED) is 0.281. The molecule has 0 rings (SSSR count). The average Bonchev–Trinajstić information content (AvgIpc) is 2.48. The third kappa shape index (κ3) is 12.6. The summed E-state index contributed by atoms with van der Waals surface area (Å²) in [5, 5.41) is 0. The van der Waals surface area contributed by atoms with E-state index in [1.54, 1.807) is 37.0 Å². The summed E-state index contributed by atoms with van der Waals surface area (Å²) in [5.41, 5.74) is 0. The average molecular weight is 318 g/mol. The minimum absolute atomic E-state index is 0.381. The highest BCUT2D eigenvalue weighted by atomic mass is 31.1. The zero-order valence-corrected chi connectivity index (χ0v) is 16.6. The smallest absolute Gasteiger partial charge is 0.0286 e. The van der Waals surface area contributed by atoms with E-state index in [0.29, 0.717) is 15.8 Å². The van der Waals surface area contributed by atoms with Gasteiger partial charge < -0.3 is 0 Å². The van der Waals surface area contributed by atoms with Crippen LogP contribution in [0.1, 0.15) is 79.1 Å². The Morgan fingerprint density at radius 2 is 0.650 bits per heavy atom. The third-order valence-corrected chi connectivity index (χ3v) is 9.90. The lowest BCUT2D eigenvalue weighted by atomic mass is 10.4. The highest BCUT2D eigenvalue weighted by Crippen LogP contribution is 2.45. The molecule has 0 aromatic rings. The highest BCUT2D eigenvalue weighted by Gasteiger charge is 2.12. The molecule has 0 amide bonds. The molecule has 0 bridgehead atoms. The lowest BCUT2D eigenvalue weighted by Crippen LogP contribution is -2.03. The number of rotatable bonds is 15. The van der Waals surface area contributed by atoms with Gasteiger partial charge in [0.05, 0.1) is 0 Å². The van der Waals surface area contributed by atoms with Gasteiger partial charge in [0.15, 0.2) is 0 Å². The zero-order valence-electron chi connectivity index (χ0n) is 14.8. The van der Waals surface area contributed by atoms with Crippen molar-refractivity contribution in [1.29, 1.82) is 0 Å². The first-order valence-electron chi connectivity index (χ1n) is 9.23. The Morgan fingerprint density at radius 3 is 0.850 bits per heavy atom. The van der Waals surface area contributed by atoms with Crippen LogP contribution in [0.2, 0.25) is 0 Å². The molecular weight excluding hydrogens is 278 g/mol. The van der Waals surface area contributed by atoms with E-state index in [4.69, 9.17) is 0 Å². The standard InChI is InChI=1S/C18H40P2/c1-5-9-13-19(14-10-6-2)17-18-20(15-11-7-3)16-12-8-4/h5-18H2,1-4H3. The van der Waals surface area contributed by atoms with Crippen LogP contribution in [0.15, 0.2) is 0 Å². The molecule has 0 spiro atoms. The maximum Gasteiger partial charge on any atom is -0.0286 e. The second kappa shape index (κ2) is 16.2. The summed E-state index contributed by atoms with van der Waals surface area (Å²) in [4.78, 5) is 0. The number of unbranched alkanes of at least 4 members (excludes halogenated alkanes) is 4. The van der Waals surface area contributed by atoms with Gasteiger partial charge >= 0.3 is 0 Å². The Kier molecular flexibility index (Phi) is 16.9. The summed E-state index contributed by atoms with van der Waals surface area (Å²) < 4.78 is 0. The summed E-state index contributed by atoms with van der Waals surface area (Å²) in [5.74, 6) is 0. The van der Waals surface area contributed by atoms with Crippen LogP contribution in [0, 0.1) is 0 Å². The van der Waals surface area contributed by atoms with E-state index < -0.39 is 0 Å². The molecule has 0 fully saturated rings. The van der Waals surface area contributed by atoms with Crippen molar-refractivity contribution < 1.29 is 0 Å². The third-order valence-electron chi connectivity index (χ3n) is 4.04. The van der Waals surface area contributed by atoms with Crippen molar-refractivity contribution >= 4 is 15.8 Å². The van der Waals surface area contributed by atoms with Crippen molar-refractivity contribution in [3.63, 3.8) is 0 Å². The maximum atomic E-state index is 2.35. The Morgan fingerprint density at radius 1 is 0.400 bits per heavy atom. The van der Waals surface area contributed by atoms with Gasteiger partial charge in [-0.15, -0.1) is 15.8 Å². The molecular formula is C18H40P2. The van der Waals surface area contributed by atoms with Gasteiger partial charge in [0, 0.05) is 0 Å². The molecule has 0 unspecified atom stereocenters. The molecule has 0 heterocycles. The van der Waals surface area contributed by atoms with E-state index in [1.807, 2.05) is 0 Å². The Hall–Kier alpha value is 0.860. The fourth-order valence-corrected chi connectivity index (χ4v) is 9.14. The van der Waals surface area contributed by atoms with Gasteiger partial charge in [0.25, 0.3) is 0 Å². The summed E-state index contributed by atoms with van der Waals surface area (Å²) >= 11 is 0. The van der Waals surface area contributed by atoms with Crippen LogP contribution in [-0.2, 0) is 0 Å². The van der Waals surface area contributed by atoms with Gasteiger partial charge in [-0.25, -0.2) is 0 Å². The normalized spacial score (nSPS) is 11.7. The summed E-state index contributed by atoms with van der Waals surface area (Å²) in [7, 11) is 0.763. The van der Waals surface area contributed by atoms with Gasteiger partial charge in [-0.3, -0.25) is 0 Å². The van der Waals surface area contributed by atoms with Crippen LogP contribution in [0.4, 0.5) is 0 Å². The highest BCUT2D eigenvalue weighted by molar-refractivity contribution is 7.61. The first-order chi connectivity index (χ1) is 9.78. The molecule has 0 aromatic heterocycles. The number of hydrogen-bond acceptors (Lipinski definition) is 0. The van der Waals surface area contributed by atoms with Crippen molar-refractivity contribution in [2.45, 2.75) is 79.1 Å². The van der Waals surface area contributed by atoms with E-state index >= 15 is 0 Å². The fourth-order valence-electron chi connectivity index (χ4n) is 2.48. The van der Waals surface area contributed by atoms with Crippen LogP contribution in [-0.4, -0.2) is 37.0 Å².